The van der Waals surface area contributed by atoms with Crippen molar-refractivity contribution < 1.29 is 12.8 Å². The van der Waals surface area contributed by atoms with Gasteiger partial charge in [0.1, 0.15) is 5.82 Å². The average molecular weight is 274 g/mol. The van der Waals surface area contributed by atoms with Crippen molar-refractivity contribution in [3.05, 3.63) is 24.0 Å². The highest BCUT2D eigenvalue weighted by molar-refractivity contribution is 7.89. The summed E-state index contributed by atoms with van der Waals surface area (Å²) in [5, 5.41) is 0. The Morgan fingerprint density at radius 2 is 2.00 bits per heavy atom. The molecular formula is C12H19FN2O2S. The molecule has 0 heterocycles. The second-order valence-electron chi connectivity index (χ2n) is 4.38. The van der Waals surface area contributed by atoms with Crippen LogP contribution in [-0.4, -0.2) is 25.8 Å². The van der Waals surface area contributed by atoms with Crippen molar-refractivity contribution in [2.45, 2.75) is 37.6 Å². The van der Waals surface area contributed by atoms with E-state index < -0.39 is 15.8 Å². The lowest BCUT2D eigenvalue weighted by Crippen LogP contribution is -2.35. The molecule has 0 saturated carbocycles. The molecule has 0 fully saturated rings. The quantitative estimate of drug-likeness (QED) is 0.837. The number of nitrogen functional groups attached to an aromatic ring is 1. The second kappa shape index (κ2) is 5.67. The topological polar surface area (TPSA) is 63.4 Å². The molecule has 0 radical (unpaired) electrons. The van der Waals surface area contributed by atoms with Crippen LogP contribution in [0.25, 0.3) is 0 Å². The van der Waals surface area contributed by atoms with Crippen LogP contribution in [0.15, 0.2) is 23.1 Å². The number of sulfonamides is 1. The molecule has 0 amide bonds. The van der Waals surface area contributed by atoms with E-state index in [-0.39, 0.29) is 16.6 Å². The van der Waals surface area contributed by atoms with E-state index in [1.54, 1.807) is 0 Å². The standard InChI is InChI=1S/C12H19FN2O2S/c1-4-5-9(2)15(3)18(16,17)12-7-10(13)6-11(14)8-12/h6-9H,4-5,14H2,1-3H3. The average Bonchev–Trinajstić information content (AvgIpc) is 2.27. The Hall–Kier alpha value is -1.14. The summed E-state index contributed by atoms with van der Waals surface area (Å²) in [6, 6.07) is 3.22. The number of anilines is 1. The molecule has 1 unspecified atom stereocenters. The Morgan fingerprint density at radius 3 is 2.50 bits per heavy atom. The third-order valence-corrected chi connectivity index (χ3v) is 4.85. The summed E-state index contributed by atoms with van der Waals surface area (Å²) in [4.78, 5) is -0.106. The predicted octanol–water partition coefficient (Wildman–Crippen LogP) is 2.22. The highest BCUT2D eigenvalue weighted by Crippen LogP contribution is 2.21. The summed E-state index contributed by atoms with van der Waals surface area (Å²) < 4.78 is 39.0. The van der Waals surface area contributed by atoms with Gasteiger partial charge in [-0.15, -0.1) is 0 Å². The maximum Gasteiger partial charge on any atom is 0.243 e. The van der Waals surface area contributed by atoms with E-state index >= 15 is 0 Å². The molecule has 0 aliphatic rings. The van der Waals surface area contributed by atoms with E-state index in [0.29, 0.717) is 0 Å². The first kappa shape index (κ1) is 14.9. The highest BCUT2D eigenvalue weighted by atomic mass is 32.2. The van der Waals surface area contributed by atoms with E-state index in [9.17, 15) is 12.8 Å². The van der Waals surface area contributed by atoms with E-state index in [1.807, 2.05) is 13.8 Å². The van der Waals surface area contributed by atoms with Crippen LogP contribution in [0.3, 0.4) is 0 Å². The van der Waals surface area contributed by atoms with Gasteiger partial charge in [-0.2, -0.15) is 4.31 Å². The minimum Gasteiger partial charge on any atom is -0.399 e. The van der Waals surface area contributed by atoms with Crippen molar-refractivity contribution in [1.29, 1.82) is 0 Å². The largest absolute Gasteiger partial charge is 0.399 e. The molecule has 6 heteroatoms. The minimum atomic E-state index is -3.69. The van der Waals surface area contributed by atoms with Gasteiger partial charge in [0.15, 0.2) is 0 Å². The van der Waals surface area contributed by atoms with Gasteiger partial charge in [-0.3, -0.25) is 0 Å². The monoisotopic (exact) mass is 274 g/mol. The van der Waals surface area contributed by atoms with Crippen LogP contribution in [0, 0.1) is 5.82 Å². The van der Waals surface area contributed by atoms with Crippen LogP contribution < -0.4 is 5.73 Å². The summed E-state index contributed by atoms with van der Waals surface area (Å²) in [5.74, 6) is -0.648. The second-order valence-corrected chi connectivity index (χ2v) is 6.38. The third kappa shape index (κ3) is 3.20. The first-order chi connectivity index (χ1) is 8.28. The van der Waals surface area contributed by atoms with Crippen molar-refractivity contribution in [3.63, 3.8) is 0 Å². The van der Waals surface area contributed by atoms with Crippen LogP contribution in [0.5, 0.6) is 0 Å². The maximum atomic E-state index is 13.2. The lowest BCUT2D eigenvalue weighted by atomic mass is 10.2. The summed E-state index contributed by atoms with van der Waals surface area (Å²) in [6.07, 6.45) is 1.63. The van der Waals surface area contributed by atoms with Gasteiger partial charge in [0.25, 0.3) is 0 Å². The first-order valence-corrected chi connectivity index (χ1v) is 7.27. The van der Waals surface area contributed by atoms with Crippen LogP contribution in [0.2, 0.25) is 0 Å². The van der Waals surface area contributed by atoms with Crippen LogP contribution in [0.1, 0.15) is 26.7 Å². The number of benzene rings is 1. The summed E-state index contributed by atoms with van der Waals surface area (Å²) in [6.45, 7) is 3.81. The molecule has 0 aromatic heterocycles. The normalized spacial score (nSPS) is 13.8. The van der Waals surface area contributed by atoms with Crippen molar-refractivity contribution >= 4 is 15.7 Å². The van der Waals surface area contributed by atoms with Gasteiger partial charge in [-0.25, -0.2) is 12.8 Å². The minimum absolute atomic E-state index is 0.102. The Labute approximate surface area is 108 Å². The van der Waals surface area contributed by atoms with Gasteiger partial charge in [-0.1, -0.05) is 13.3 Å². The van der Waals surface area contributed by atoms with Crippen LogP contribution >= 0.6 is 0 Å². The molecule has 0 aliphatic carbocycles. The lowest BCUT2D eigenvalue weighted by molar-refractivity contribution is 0.368. The van der Waals surface area contributed by atoms with Crippen molar-refractivity contribution in [1.82, 2.24) is 4.31 Å². The van der Waals surface area contributed by atoms with Crippen LogP contribution in [-0.2, 0) is 10.0 Å². The Bertz CT molecular complexity index is 497. The Balaban J connectivity index is 3.13. The summed E-state index contributed by atoms with van der Waals surface area (Å²) in [7, 11) is -2.20. The van der Waals surface area contributed by atoms with Crippen LogP contribution in [0.4, 0.5) is 10.1 Å². The zero-order valence-corrected chi connectivity index (χ0v) is 11.7. The predicted molar refractivity (Wildman–Crippen MR) is 70.1 cm³/mol. The molecule has 2 N–H and O–H groups in total. The third-order valence-electron chi connectivity index (χ3n) is 2.90. The number of nitrogens with zero attached hydrogens (tertiary/aromatic N) is 1. The van der Waals surface area contributed by atoms with E-state index in [2.05, 4.69) is 0 Å². The lowest BCUT2D eigenvalue weighted by Gasteiger charge is -2.24. The molecule has 102 valence electrons. The molecule has 18 heavy (non-hydrogen) atoms. The number of rotatable bonds is 5. The van der Waals surface area contributed by atoms with Gasteiger partial charge >= 0.3 is 0 Å². The molecule has 0 spiro atoms. The fraction of sp³-hybridized carbons (Fsp3) is 0.500. The molecule has 1 atom stereocenters. The Morgan fingerprint density at radius 1 is 1.39 bits per heavy atom. The van der Waals surface area contributed by atoms with E-state index in [4.69, 9.17) is 5.73 Å². The van der Waals surface area contributed by atoms with E-state index in [0.717, 1.165) is 25.0 Å². The first-order valence-electron chi connectivity index (χ1n) is 5.83. The number of hydrogen-bond acceptors (Lipinski definition) is 3. The smallest absolute Gasteiger partial charge is 0.243 e. The molecule has 0 bridgehead atoms. The Kier molecular flexibility index (Phi) is 4.70. The summed E-state index contributed by atoms with van der Waals surface area (Å²) >= 11 is 0. The molecule has 1 rings (SSSR count). The van der Waals surface area contributed by atoms with Gasteiger partial charge < -0.3 is 5.73 Å². The van der Waals surface area contributed by atoms with E-state index in [1.165, 1.54) is 17.4 Å². The van der Waals surface area contributed by atoms with Crippen molar-refractivity contribution in [3.8, 4) is 0 Å². The molecule has 0 saturated heterocycles. The zero-order chi connectivity index (χ0) is 13.9. The SMILES string of the molecule is CCCC(C)N(C)S(=O)(=O)c1cc(N)cc(F)c1. The number of halogens is 1. The fourth-order valence-corrected chi connectivity index (χ4v) is 3.19. The van der Waals surface area contributed by atoms with Crippen molar-refractivity contribution in [2.75, 3.05) is 12.8 Å². The highest BCUT2D eigenvalue weighted by Gasteiger charge is 2.25. The number of nitrogens with two attached hydrogens (primary N) is 1. The fourth-order valence-electron chi connectivity index (χ4n) is 1.74. The summed E-state index contributed by atoms with van der Waals surface area (Å²) in [5.41, 5.74) is 5.57. The van der Waals surface area contributed by atoms with Gasteiger partial charge in [0.05, 0.1) is 4.90 Å². The number of hydrogen-bond donors (Lipinski definition) is 1. The van der Waals surface area contributed by atoms with Gasteiger partial charge in [0.2, 0.25) is 10.0 Å². The molecule has 0 aliphatic heterocycles. The molecular weight excluding hydrogens is 255 g/mol. The van der Waals surface area contributed by atoms with Crippen molar-refractivity contribution in [2.24, 2.45) is 0 Å². The maximum absolute atomic E-state index is 13.2. The zero-order valence-electron chi connectivity index (χ0n) is 10.9. The molecule has 1 aromatic carbocycles. The van der Waals surface area contributed by atoms with Gasteiger partial charge in [0, 0.05) is 18.8 Å². The molecule has 1 aromatic rings. The molecule has 4 nitrogen and oxygen atoms in total. The van der Waals surface area contributed by atoms with Gasteiger partial charge in [-0.05, 0) is 31.5 Å².